The van der Waals surface area contributed by atoms with Crippen molar-refractivity contribution >= 4 is 11.3 Å². The monoisotopic (exact) mass is 199 g/mol. The fourth-order valence-corrected chi connectivity index (χ4v) is 1.73. The summed E-state index contributed by atoms with van der Waals surface area (Å²) in [6.45, 7) is 6.03. The number of benzene rings is 1. The van der Waals surface area contributed by atoms with Crippen LogP contribution in [-0.4, -0.2) is 7.05 Å². The highest BCUT2D eigenvalue weighted by molar-refractivity contribution is 5.76. The van der Waals surface area contributed by atoms with E-state index in [0.29, 0.717) is 0 Å². The highest BCUT2D eigenvalue weighted by Gasteiger charge is 2.07. The molecule has 1 nitrogen and oxygen atoms in total. The van der Waals surface area contributed by atoms with E-state index >= 15 is 0 Å². The van der Waals surface area contributed by atoms with Crippen molar-refractivity contribution in [3.63, 3.8) is 0 Å². The van der Waals surface area contributed by atoms with Crippen LogP contribution in [0.3, 0.4) is 0 Å². The SMILES string of the molecule is C#CCCc1cccc(NC)c1C(=C)C. The summed E-state index contributed by atoms with van der Waals surface area (Å²) < 4.78 is 0. The molecule has 0 aromatic heterocycles. The standard InChI is InChI=1S/C14H17N/c1-5-6-8-12-9-7-10-13(15-4)14(12)11(2)3/h1,7,9-10,15H,2,6,8H2,3-4H3. The van der Waals surface area contributed by atoms with Crippen molar-refractivity contribution in [2.45, 2.75) is 19.8 Å². The van der Waals surface area contributed by atoms with Crippen molar-refractivity contribution in [2.24, 2.45) is 0 Å². The van der Waals surface area contributed by atoms with E-state index in [1.165, 1.54) is 11.1 Å². The van der Waals surface area contributed by atoms with Gasteiger partial charge in [0.25, 0.3) is 0 Å². The van der Waals surface area contributed by atoms with E-state index in [4.69, 9.17) is 6.42 Å². The number of aryl methyl sites for hydroxylation is 1. The third kappa shape index (κ3) is 2.63. The highest BCUT2D eigenvalue weighted by Crippen LogP contribution is 2.27. The second kappa shape index (κ2) is 5.26. The van der Waals surface area contributed by atoms with Gasteiger partial charge in [0.2, 0.25) is 0 Å². The Labute approximate surface area is 92.2 Å². The molecule has 0 aliphatic rings. The van der Waals surface area contributed by atoms with Gasteiger partial charge in [-0.05, 0) is 30.5 Å². The number of terminal acetylenes is 1. The zero-order valence-corrected chi connectivity index (χ0v) is 9.43. The van der Waals surface area contributed by atoms with Gasteiger partial charge in [-0.25, -0.2) is 0 Å². The van der Waals surface area contributed by atoms with Gasteiger partial charge in [0.15, 0.2) is 0 Å². The summed E-state index contributed by atoms with van der Waals surface area (Å²) >= 11 is 0. The van der Waals surface area contributed by atoms with Gasteiger partial charge in [-0.1, -0.05) is 18.7 Å². The van der Waals surface area contributed by atoms with E-state index < -0.39 is 0 Å². The average Bonchev–Trinajstić information content (AvgIpc) is 2.25. The second-order valence-electron chi connectivity index (χ2n) is 3.57. The number of allylic oxidation sites excluding steroid dienone is 1. The fourth-order valence-electron chi connectivity index (χ4n) is 1.73. The van der Waals surface area contributed by atoms with E-state index in [9.17, 15) is 0 Å². The molecular weight excluding hydrogens is 182 g/mol. The summed E-state index contributed by atoms with van der Waals surface area (Å²) in [4.78, 5) is 0. The summed E-state index contributed by atoms with van der Waals surface area (Å²) in [6, 6.07) is 6.22. The van der Waals surface area contributed by atoms with Crippen LogP contribution in [0.15, 0.2) is 24.8 Å². The van der Waals surface area contributed by atoms with Crippen LogP contribution >= 0.6 is 0 Å². The van der Waals surface area contributed by atoms with E-state index in [0.717, 1.165) is 24.1 Å². The minimum atomic E-state index is 0.771. The molecule has 0 amide bonds. The van der Waals surface area contributed by atoms with Crippen molar-refractivity contribution in [2.75, 3.05) is 12.4 Å². The Kier molecular flexibility index (Phi) is 4.00. The Morgan fingerprint density at radius 1 is 1.53 bits per heavy atom. The summed E-state index contributed by atoms with van der Waals surface area (Å²) in [6.07, 6.45) is 6.97. The van der Waals surface area contributed by atoms with Crippen molar-refractivity contribution < 1.29 is 0 Å². The maximum absolute atomic E-state index is 5.29. The largest absolute Gasteiger partial charge is 0.388 e. The van der Waals surface area contributed by atoms with Crippen LogP contribution in [-0.2, 0) is 6.42 Å². The van der Waals surface area contributed by atoms with Crippen LogP contribution in [0.25, 0.3) is 5.57 Å². The second-order valence-corrected chi connectivity index (χ2v) is 3.57. The van der Waals surface area contributed by atoms with E-state index in [-0.39, 0.29) is 0 Å². The minimum Gasteiger partial charge on any atom is -0.388 e. The van der Waals surface area contributed by atoms with Gasteiger partial charge in [-0.2, -0.15) is 0 Å². The predicted octanol–water partition coefficient (Wildman–Crippen LogP) is 3.33. The third-order valence-corrected chi connectivity index (χ3v) is 2.39. The van der Waals surface area contributed by atoms with Crippen LogP contribution < -0.4 is 5.32 Å². The van der Waals surface area contributed by atoms with Crippen molar-refractivity contribution in [1.82, 2.24) is 0 Å². The zero-order chi connectivity index (χ0) is 11.3. The molecule has 1 N–H and O–H groups in total. The molecule has 0 heterocycles. The van der Waals surface area contributed by atoms with E-state index in [1.54, 1.807) is 0 Å². The van der Waals surface area contributed by atoms with Crippen LogP contribution in [0.4, 0.5) is 5.69 Å². The molecule has 78 valence electrons. The third-order valence-electron chi connectivity index (χ3n) is 2.39. The fraction of sp³-hybridized carbons (Fsp3) is 0.286. The first-order chi connectivity index (χ1) is 7.20. The molecule has 0 aliphatic heterocycles. The molecule has 1 heteroatoms. The zero-order valence-electron chi connectivity index (χ0n) is 9.43. The van der Waals surface area contributed by atoms with Gasteiger partial charge in [-0.3, -0.25) is 0 Å². The molecule has 1 aromatic carbocycles. The van der Waals surface area contributed by atoms with E-state index in [2.05, 4.69) is 29.9 Å². The lowest BCUT2D eigenvalue weighted by molar-refractivity contribution is 1.02. The molecule has 1 rings (SSSR count). The van der Waals surface area contributed by atoms with Gasteiger partial charge in [-0.15, -0.1) is 12.3 Å². The summed E-state index contributed by atoms with van der Waals surface area (Å²) in [5.41, 5.74) is 4.67. The molecule has 0 unspecified atom stereocenters. The normalized spacial score (nSPS) is 9.40. The van der Waals surface area contributed by atoms with Crippen molar-refractivity contribution in [3.05, 3.63) is 35.9 Å². The van der Waals surface area contributed by atoms with Crippen LogP contribution in [0.1, 0.15) is 24.5 Å². The van der Waals surface area contributed by atoms with Crippen molar-refractivity contribution in [1.29, 1.82) is 0 Å². The molecule has 15 heavy (non-hydrogen) atoms. The Morgan fingerprint density at radius 2 is 2.27 bits per heavy atom. The quantitative estimate of drug-likeness (QED) is 0.733. The lowest BCUT2D eigenvalue weighted by atomic mass is 9.96. The van der Waals surface area contributed by atoms with Crippen molar-refractivity contribution in [3.8, 4) is 12.3 Å². The number of anilines is 1. The molecule has 1 aromatic rings. The number of rotatable bonds is 4. The molecule has 0 saturated carbocycles. The maximum atomic E-state index is 5.29. The van der Waals surface area contributed by atoms with Gasteiger partial charge in [0, 0.05) is 24.7 Å². The Bertz CT molecular complexity index is 396. The van der Waals surface area contributed by atoms with E-state index in [1.807, 2.05) is 20.0 Å². The maximum Gasteiger partial charge on any atom is 0.0416 e. The molecule has 0 aliphatic carbocycles. The Balaban J connectivity index is 3.14. The number of hydrogen-bond acceptors (Lipinski definition) is 1. The lowest BCUT2D eigenvalue weighted by Gasteiger charge is -2.13. The molecule has 0 radical (unpaired) electrons. The highest BCUT2D eigenvalue weighted by atomic mass is 14.8. The summed E-state index contributed by atoms with van der Waals surface area (Å²) in [5.74, 6) is 2.67. The molecular formula is C14H17N. The topological polar surface area (TPSA) is 12.0 Å². The summed E-state index contributed by atoms with van der Waals surface area (Å²) in [7, 11) is 1.92. The smallest absolute Gasteiger partial charge is 0.0416 e. The predicted molar refractivity (Wildman–Crippen MR) is 67.9 cm³/mol. The van der Waals surface area contributed by atoms with Gasteiger partial charge >= 0.3 is 0 Å². The Morgan fingerprint density at radius 3 is 2.80 bits per heavy atom. The first-order valence-electron chi connectivity index (χ1n) is 5.09. The summed E-state index contributed by atoms with van der Waals surface area (Å²) in [5, 5.41) is 3.18. The van der Waals surface area contributed by atoms with Gasteiger partial charge < -0.3 is 5.32 Å². The molecule has 0 fully saturated rings. The van der Waals surface area contributed by atoms with Gasteiger partial charge in [0.1, 0.15) is 0 Å². The number of nitrogens with one attached hydrogen (secondary N) is 1. The molecule has 0 atom stereocenters. The first-order valence-corrected chi connectivity index (χ1v) is 5.09. The number of hydrogen-bond donors (Lipinski definition) is 1. The first kappa shape index (κ1) is 11.4. The minimum absolute atomic E-state index is 0.771. The molecule has 0 saturated heterocycles. The van der Waals surface area contributed by atoms with Crippen LogP contribution in [0.2, 0.25) is 0 Å². The Hall–Kier alpha value is -1.68. The average molecular weight is 199 g/mol. The van der Waals surface area contributed by atoms with Crippen LogP contribution in [0.5, 0.6) is 0 Å². The lowest BCUT2D eigenvalue weighted by Crippen LogP contribution is -1.98. The van der Waals surface area contributed by atoms with Crippen LogP contribution in [0, 0.1) is 12.3 Å². The van der Waals surface area contributed by atoms with Gasteiger partial charge in [0.05, 0.1) is 0 Å². The molecule has 0 spiro atoms. The molecule has 0 bridgehead atoms.